The normalized spacial score (nSPS) is 19.6. The first-order valence-corrected chi connectivity index (χ1v) is 9.56. The van der Waals surface area contributed by atoms with Crippen molar-refractivity contribution in [2.75, 3.05) is 38.0 Å². The van der Waals surface area contributed by atoms with Crippen molar-refractivity contribution < 1.29 is 14.7 Å². The Morgan fingerprint density at radius 2 is 2.23 bits per heavy atom. The minimum absolute atomic E-state index is 0.0203. The second kappa shape index (κ2) is 8.98. The van der Waals surface area contributed by atoms with Crippen molar-refractivity contribution in [2.45, 2.75) is 38.5 Å². The van der Waals surface area contributed by atoms with E-state index in [-0.39, 0.29) is 18.4 Å². The Bertz CT molecular complexity index is 650. The van der Waals surface area contributed by atoms with Crippen LogP contribution in [-0.2, 0) is 22.4 Å². The van der Waals surface area contributed by atoms with Gasteiger partial charge in [-0.05, 0) is 56.7 Å². The first kappa shape index (κ1) is 18.6. The smallest absolute Gasteiger partial charge is 0.317 e. The van der Waals surface area contributed by atoms with Crippen LogP contribution in [0.15, 0.2) is 12.1 Å². The van der Waals surface area contributed by atoms with E-state index in [2.05, 4.69) is 27.8 Å². The van der Waals surface area contributed by atoms with Gasteiger partial charge in [0.1, 0.15) is 5.82 Å². The average molecular weight is 360 g/mol. The Morgan fingerprint density at radius 1 is 1.35 bits per heavy atom. The molecule has 3 rings (SSSR count). The highest BCUT2D eigenvalue weighted by Crippen LogP contribution is 2.20. The zero-order chi connectivity index (χ0) is 18.4. The molecule has 1 aromatic rings. The van der Waals surface area contributed by atoms with Crippen molar-refractivity contribution in [3.8, 4) is 0 Å². The molecular weight excluding hydrogens is 332 g/mol. The predicted octanol–water partition coefficient (Wildman–Crippen LogP) is 1.29. The molecule has 0 unspecified atom stereocenters. The molecule has 0 aliphatic carbocycles. The van der Waals surface area contributed by atoms with E-state index in [1.807, 2.05) is 4.90 Å². The van der Waals surface area contributed by atoms with Gasteiger partial charge in [0, 0.05) is 25.3 Å². The van der Waals surface area contributed by atoms with E-state index < -0.39 is 5.97 Å². The number of carbonyl (C=O) groups is 2. The summed E-state index contributed by atoms with van der Waals surface area (Å²) in [5.41, 5.74) is 2.41. The molecule has 2 aliphatic heterocycles. The lowest BCUT2D eigenvalue weighted by molar-refractivity contribution is -0.138. The SMILES string of the molecule is O=C(O)CN1CC[C@H](C(=O)NCCCCc2ccc3c(n2)NCCC3)C1. The van der Waals surface area contributed by atoms with Gasteiger partial charge < -0.3 is 15.7 Å². The summed E-state index contributed by atoms with van der Waals surface area (Å²) in [4.78, 5) is 29.4. The molecule has 26 heavy (non-hydrogen) atoms. The fraction of sp³-hybridized carbons (Fsp3) is 0.632. The summed E-state index contributed by atoms with van der Waals surface area (Å²) in [6.07, 6.45) is 5.84. The number of amides is 1. The Balaban J connectivity index is 1.32. The summed E-state index contributed by atoms with van der Waals surface area (Å²) < 4.78 is 0. The number of hydrogen-bond donors (Lipinski definition) is 3. The molecule has 1 aromatic heterocycles. The van der Waals surface area contributed by atoms with Gasteiger partial charge in [0.2, 0.25) is 5.91 Å². The molecule has 1 amide bonds. The fourth-order valence-corrected chi connectivity index (χ4v) is 3.68. The lowest BCUT2D eigenvalue weighted by Crippen LogP contribution is -2.34. The predicted molar refractivity (Wildman–Crippen MR) is 99.2 cm³/mol. The van der Waals surface area contributed by atoms with Crippen LogP contribution < -0.4 is 10.6 Å². The lowest BCUT2D eigenvalue weighted by atomic mass is 10.1. The maximum atomic E-state index is 12.2. The van der Waals surface area contributed by atoms with Crippen molar-refractivity contribution in [3.63, 3.8) is 0 Å². The van der Waals surface area contributed by atoms with Gasteiger partial charge in [-0.25, -0.2) is 4.98 Å². The number of carboxylic acid groups (broad SMARTS) is 1. The number of fused-ring (bicyclic) bond motifs is 1. The van der Waals surface area contributed by atoms with E-state index in [4.69, 9.17) is 5.11 Å². The highest BCUT2D eigenvalue weighted by molar-refractivity contribution is 5.79. The highest BCUT2D eigenvalue weighted by atomic mass is 16.4. The second-order valence-corrected chi connectivity index (χ2v) is 7.20. The molecule has 0 bridgehead atoms. The summed E-state index contributed by atoms with van der Waals surface area (Å²) >= 11 is 0. The summed E-state index contributed by atoms with van der Waals surface area (Å²) in [6, 6.07) is 4.29. The maximum absolute atomic E-state index is 12.2. The third kappa shape index (κ3) is 5.17. The summed E-state index contributed by atoms with van der Waals surface area (Å²) in [5.74, 6) is 0.169. The van der Waals surface area contributed by atoms with Crippen molar-refractivity contribution in [1.82, 2.24) is 15.2 Å². The number of anilines is 1. The van der Waals surface area contributed by atoms with E-state index >= 15 is 0 Å². The lowest BCUT2D eigenvalue weighted by Gasteiger charge is -2.17. The van der Waals surface area contributed by atoms with E-state index in [0.717, 1.165) is 50.2 Å². The number of carbonyl (C=O) groups excluding carboxylic acids is 1. The Kier molecular flexibility index (Phi) is 6.44. The van der Waals surface area contributed by atoms with Crippen LogP contribution in [0.4, 0.5) is 5.82 Å². The number of nitrogens with one attached hydrogen (secondary N) is 2. The van der Waals surface area contributed by atoms with Crippen LogP contribution in [0, 0.1) is 5.92 Å². The molecule has 2 aliphatic rings. The molecule has 1 fully saturated rings. The van der Waals surface area contributed by atoms with Crippen LogP contribution in [0.1, 0.15) is 36.9 Å². The first-order valence-electron chi connectivity index (χ1n) is 9.56. The minimum atomic E-state index is -0.836. The van der Waals surface area contributed by atoms with Gasteiger partial charge in [0.25, 0.3) is 0 Å². The summed E-state index contributed by atoms with van der Waals surface area (Å²) in [5, 5.41) is 15.2. The number of unbranched alkanes of at least 4 members (excludes halogenated alkanes) is 1. The standard InChI is InChI=1S/C19H28N4O3/c24-17(25)13-23-11-8-15(12-23)19(26)21-9-2-1-5-16-7-6-14-4-3-10-20-18(14)22-16/h6-7,15H,1-5,8-13H2,(H,20,22)(H,21,26)(H,24,25)/t15-/m0/s1. The van der Waals surface area contributed by atoms with Crippen molar-refractivity contribution in [1.29, 1.82) is 0 Å². The molecule has 7 heteroatoms. The van der Waals surface area contributed by atoms with Crippen molar-refractivity contribution in [2.24, 2.45) is 5.92 Å². The molecule has 0 spiro atoms. The molecule has 1 atom stereocenters. The van der Waals surface area contributed by atoms with Gasteiger partial charge in [-0.3, -0.25) is 14.5 Å². The molecule has 142 valence electrons. The largest absolute Gasteiger partial charge is 0.480 e. The van der Waals surface area contributed by atoms with Crippen LogP contribution in [0.5, 0.6) is 0 Å². The number of hydrogen-bond acceptors (Lipinski definition) is 5. The molecule has 3 heterocycles. The second-order valence-electron chi connectivity index (χ2n) is 7.20. The fourth-order valence-electron chi connectivity index (χ4n) is 3.68. The van der Waals surface area contributed by atoms with Crippen LogP contribution in [0.25, 0.3) is 0 Å². The highest BCUT2D eigenvalue weighted by Gasteiger charge is 2.28. The van der Waals surface area contributed by atoms with Gasteiger partial charge in [-0.1, -0.05) is 6.07 Å². The van der Waals surface area contributed by atoms with Gasteiger partial charge >= 0.3 is 5.97 Å². The van der Waals surface area contributed by atoms with Crippen LogP contribution in [0.3, 0.4) is 0 Å². The molecule has 1 saturated heterocycles. The number of rotatable bonds is 8. The topological polar surface area (TPSA) is 94.6 Å². The van der Waals surface area contributed by atoms with Gasteiger partial charge in [0.15, 0.2) is 0 Å². The van der Waals surface area contributed by atoms with Crippen molar-refractivity contribution >= 4 is 17.7 Å². The van der Waals surface area contributed by atoms with Crippen LogP contribution in [0.2, 0.25) is 0 Å². The molecule has 3 N–H and O–H groups in total. The zero-order valence-electron chi connectivity index (χ0n) is 15.2. The van der Waals surface area contributed by atoms with Gasteiger partial charge in [-0.15, -0.1) is 0 Å². The van der Waals surface area contributed by atoms with E-state index in [9.17, 15) is 9.59 Å². The van der Waals surface area contributed by atoms with Crippen molar-refractivity contribution in [3.05, 3.63) is 23.4 Å². The van der Waals surface area contributed by atoms with Crippen LogP contribution >= 0.6 is 0 Å². The van der Waals surface area contributed by atoms with Gasteiger partial charge in [-0.2, -0.15) is 0 Å². The summed E-state index contributed by atoms with van der Waals surface area (Å²) in [6.45, 7) is 2.91. The zero-order valence-corrected chi connectivity index (χ0v) is 15.2. The maximum Gasteiger partial charge on any atom is 0.317 e. The average Bonchev–Trinajstić information content (AvgIpc) is 3.09. The summed E-state index contributed by atoms with van der Waals surface area (Å²) in [7, 11) is 0. The molecule has 0 radical (unpaired) electrons. The molecular formula is C19H28N4O3. The molecule has 7 nitrogen and oxygen atoms in total. The van der Waals surface area contributed by atoms with E-state index in [1.165, 1.54) is 12.0 Å². The number of pyridine rings is 1. The molecule has 0 aromatic carbocycles. The number of nitrogens with zero attached hydrogens (tertiary/aromatic N) is 2. The van der Waals surface area contributed by atoms with E-state index in [1.54, 1.807) is 0 Å². The molecule has 0 saturated carbocycles. The monoisotopic (exact) mass is 360 g/mol. The minimum Gasteiger partial charge on any atom is -0.480 e. The third-order valence-electron chi connectivity index (χ3n) is 5.11. The number of carboxylic acids is 1. The Morgan fingerprint density at radius 3 is 3.08 bits per heavy atom. The number of aryl methyl sites for hydroxylation is 2. The van der Waals surface area contributed by atoms with Gasteiger partial charge in [0.05, 0.1) is 12.5 Å². The van der Waals surface area contributed by atoms with Crippen LogP contribution in [-0.4, -0.2) is 59.6 Å². The first-order chi connectivity index (χ1) is 12.6. The number of likely N-dealkylation sites (tertiary alicyclic amines) is 1. The third-order valence-corrected chi connectivity index (χ3v) is 5.11. The quantitative estimate of drug-likeness (QED) is 0.605. The Hall–Kier alpha value is -2.15. The number of aliphatic carboxylic acids is 1. The Labute approximate surface area is 154 Å². The van der Waals surface area contributed by atoms with E-state index in [0.29, 0.717) is 19.6 Å². The number of aromatic nitrogens is 1.